The Kier molecular flexibility index (Phi) is 5.87. The van der Waals surface area contributed by atoms with Crippen LogP contribution >= 0.6 is 0 Å². The molecule has 0 radical (unpaired) electrons. The molecule has 0 aliphatic carbocycles. The average Bonchev–Trinajstić information content (AvgIpc) is 2.19. The van der Waals surface area contributed by atoms with Gasteiger partial charge in [0.05, 0.1) is 6.42 Å². The summed E-state index contributed by atoms with van der Waals surface area (Å²) in [5.74, 6) is -1.68. The van der Waals surface area contributed by atoms with E-state index in [9.17, 15) is 35.2 Å². The molecule has 1 atom stereocenters. The number of alkyl halides is 5. The second-order valence-electron chi connectivity index (χ2n) is 4.00. The van der Waals surface area contributed by atoms with Crippen LogP contribution in [0.1, 0.15) is 6.42 Å². The van der Waals surface area contributed by atoms with Crippen LogP contribution in [-0.4, -0.2) is 62.0 Å². The van der Waals surface area contributed by atoms with Gasteiger partial charge in [0.15, 0.2) is 0 Å². The number of halogens is 5. The summed E-state index contributed by atoms with van der Waals surface area (Å²) in [6.07, 6.45) is -10.8. The molecule has 0 spiro atoms. The molecule has 120 valence electrons. The first-order valence-corrected chi connectivity index (χ1v) is 6.39. The summed E-state index contributed by atoms with van der Waals surface area (Å²) in [6.45, 7) is -0.0964. The fraction of sp³-hybridized carbons (Fsp3) is 0.875. The topological polar surface area (TPSA) is 83.9 Å². The Morgan fingerprint density at radius 2 is 1.70 bits per heavy atom. The maximum absolute atomic E-state index is 13.0. The molecule has 12 heteroatoms. The first-order chi connectivity index (χ1) is 8.69. The van der Waals surface area contributed by atoms with Crippen LogP contribution in [-0.2, 0) is 19.6 Å². The molecule has 0 aromatic rings. The highest BCUT2D eigenvalue weighted by Gasteiger charge is 2.65. The van der Waals surface area contributed by atoms with Gasteiger partial charge in [-0.1, -0.05) is 0 Å². The molecule has 0 aliphatic rings. The smallest absolute Gasteiger partial charge is 0.432 e. The minimum atomic E-state index is -6.40. The van der Waals surface area contributed by atoms with Crippen molar-refractivity contribution in [2.45, 2.75) is 24.0 Å². The van der Waals surface area contributed by atoms with Crippen molar-refractivity contribution < 1.29 is 44.5 Å². The van der Waals surface area contributed by atoms with Crippen LogP contribution in [0, 0.1) is 0 Å². The van der Waals surface area contributed by atoms with Crippen molar-refractivity contribution in [2.75, 3.05) is 20.6 Å². The van der Waals surface area contributed by atoms with Gasteiger partial charge in [0.1, 0.15) is 0 Å². The van der Waals surface area contributed by atoms with Crippen LogP contribution in [0.25, 0.3) is 0 Å². The zero-order chi connectivity index (χ0) is 16.4. The lowest BCUT2D eigenvalue weighted by Gasteiger charge is -2.26. The molecule has 0 aliphatic heterocycles. The number of carbonyl (C=O) groups is 1. The Hall–Kier alpha value is -1.01. The zero-order valence-electron chi connectivity index (χ0n) is 10.3. The predicted octanol–water partition coefficient (Wildman–Crippen LogP) is 0.893. The van der Waals surface area contributed by atoms with Gasteiger partial charge >= 0.3 is 27.5 Å². The molecule has 1 N–H and O–H groups in total. The highest BCUT2D eigenvalue weighted by Crippen LogP contribution is 2.38. The quantitative estimate of drug-likeness (QED) is 0.443. The van der Waals surface area contributed by atoms with Crippen LogP contribution in [0.3, 0.4) is 0 Å². The molecule has 0 saturated carbocycles. The van der Waals surface area contributed by atoms with E-state index in [-0.39, 0.29) is 6.54 Å². The fourth-order valence-corrected chi connectivity index (χ4v) is 1.42. The summed E-state index contributed by atoms with van der Waals surface area (Å²) in [5, 5.41) is -5.70. The molecule has 0 aromatic heterocycles. The Bertz CT molecular complexity index is 447. The number of ether oxygens (including phenoxy) is 1. The maximum Gasteiger partial charge on any atom is 0.432 e. The monoisotopic (exact) mass is 329 g/mol. The van der Waals surface area contributed by atoms with E-state index in [1.54, 1.807) is 0 Å². The average molecular weight is 329 g/mol. The van der Waals surface area contributed by atoms with Gasteiger partial charge in [0.2, 0.25) is 0 Å². The Morgan fingerprint density at radius 1 is 1.25 bits per heavy atom. The lowest BCUT2D eigenvalue weighted by molar-refractivity contribution is -0.259. The maximum atomic E-state index is 13.0. The van der Waals surface area contributed by atoms with E-state index in [0.717, 1.165) is 0 Å². The highest BCUT2D eigenvalue weighted by atomic mass is 32.2. The summed E-state index contributed by atoms with van der Waals surface area (Å²) in [6, 6.07) is 0. The van der Waals surface area contributed by atoms with Crippen molar-refractivity contribution in [3.05, 3.63) is 0 Å². The lowest BCUT2D eigenvalue weighted by Crippen LogP contribution is -2.52. The van der Waals surface area contributed by atoms with E-state index in [1.165, 1.54) is 19.0 Å². The molecule has 0 heterocycles. The van der Waals surface area contributed by atoms with E-state index in [1.807, 2.05) is 0 Å². The van der Waals surface area contributed by atoms with Crippen molar-refractivity contribution >= 4 is 16.1 Å². The van der Waals surface area contributed by atoms with E-state index < -0.39 is 40.0 Å². The van der Waals surface area contributed by atoms with Gasteiger partial charge in [-0.3, -0.25) is 9.35 Å². The molecule has 6 nitrogen and oxygen atoms in total. The third-order valence-corrected chi connectivity index (χ3v) is 2.86. The molecule has 0 amide bonds. The van der Waals surface area contributed by atoms with Crippen LogP contribution < -0.4 is 0 Å². The van der Waals surface area contributed by atoms with Crippen molar-refractivity contribution in [1.29, 1.82) is 0 Å². The van der Waals surface area contributed by atoms with E-state index in [2.05, 4.69) is 4.74 Å². The zero-order valence-corrected chi connectivity index (χ0v) is 11.1. The lowest BCUT2D eigenvalue weighted by atomic mass is 10.3. The third kappa shape index (κ3) is 5.17. The Morgan fingerprint density at radius 3 is 2.00 bits per heavy atom. The first kappa shape index (κ1) is 19.0. The molecule has 20 heavy (non-hydrogen) atoms. The number of hydrogen-bond donors (Lipinski definition) is 1. The van der Waals surface area contributed by atoms with Crippen molar-refractivity contribution in [3.63, 3.8) is 0 Å². The van der Waals surface area contributed by atoms with Crippen molar-refractivity contribution in [1.82, 2.24) is 4.90 Å². The molecular weight excluding hydrogens is 317 g/mol. The van der Waals surface area contributed by atoms with E-state index in [4.69, 9.17) is 4.55 Å². The molecule has 0 rings (SSSR count). The fourth-order valence-electron chi connectivity index (χ4n) is 0.966. The highest BCUT2D eigenvalue weighted by molar-refractivity contribution is 7.86. The number of hydrogen-bond acceptors (Lipinski definition) is 5. The van der Waals surface area contributed by atoms with E-state index >= 15 is 0 Å². The molecule has 0 bridgehead atoms. The van der Waals surface area contributed by atoms with Gasteiger partial charge in [0.25, 0.3) is 6.10 Å². The number of esters is 1. The summed E-state index contributed by atoms with van der Waals surface area (Å²) in [5.41, 5.74) is 0. The third-order valence-electron chi connectivity index (χ3n) is 1.96. The van der Waals surface area contributed by atoms with E-state index in [0.29, 0.717) is 0 Å². The Labute approximate surface area is 111 Å². The van der Waals surface area contributed by atoms with Crippen LogP contribution in [0.2, 0.25) is 0 Å². The predicted molar refractivity (Wildman–Crippen MR) is 55.6 cm³/mol. The summed E-state index contributed by atoms with van der Waals surface area (Å²) in [4.78, 5) is 12.4. The van der Waals surface area contributed by atoms with Gasteiger partial charge in [0, 0.05) is 6.54 Å². The normalized spacial score (nSPS) is 15.2. The molecular formula is C8H12F5NO5S. The first-order valence-electron chi connectivity index (χ1n) is 4.95. The van der Waals surface area contributed by atoms with Gasteiger partial charge in [-0.25, -0.2) is 0 Å². The van der Waals surface area contributed by atoms with Crippen molar-refractivity contribution in [2.24, 2.45) is 0 Å². The van der Waals surface area contributed by atoms with Crippen LogP contribution in [0.15, 0.2) is 0 Å². The number of rotatable bonds is 6. The molecule has 1 unspecified atom stereocenters. The van der Waals surface area contributed by atoms with Gasteiger partial charge in [-0.15, -0.1) is 0 Å². The van der Waals surface area contributed by atoms with Gasteiger partial charge in [-0.05, 0) is 14.1 Å². The minimum Gasteiger partial charge on any atom is -0.445 e. The molecule has 0 fully saturated rings. The second-order valence-corrected chi connectivity index (χ2v) is 5.50. The summed E-state index contributed by atoms with van der Waals surface area (Å²) >= 11 is 0. The largest absolute Gasteiger partial charge is 0.445 e. The number of nitrogens with zero attached hydrogens (tertiary/aromatic N) is 1. The summed E-state index contributed by atoms with van der Waals surface area (Å²) in [7, 11) is -3.48. The van der Waals surface area contributed by atoms with Crippen molar-refractivity contribution in [3.8, 4) is 0 Å². The Balaban J connectivity index is 5.18. The SMILES string of the molecule is CN(C)CCC(=O)OC(C(F)(F)F)C(F)(F)S(=O)(=O)O. The van der Waals surface area contributed by atoms with Crippen LogP contribution in [0.5, 0.6) is 0 Å². The minimum absolute atomic E-state index is 0.0964. The van der Waals surface area contributed by atoms with Gasteiger partial charge < -0.3 is 9.64 Å². The second kappa shape index (κ2) is 6.18. The number of carbonyl (C=O) groups excluding carboxylic acids is 1. The molecule has 0 aromatic carbocycles. The standard InChI is InChI=1S/C8H12F5NO5S/c1-14(2)4-3-5(15)19-6(7(9,10)11)8(12,13)20(16,17)18/h6H,3-4H2,1-2H3,(H,16,17,18). The van der Waals surface area contributed by atoms with Gasteiger partial charge in [-0.2, -0.15) is 30.4 Å². The van der Waals surface area contributed by atoms with Crippen LogP contribution in [0.4, 0.5) is 22.0 Å². The molecule has 0 saturated heterocycles. The summed E-state index contributed by atoms with van der Waals surface area (Å²) < 4.78 is 95.3.